The van der Waals surface area contributed by atoms with Crippen LogP contribution in [0.15, 0.2) is 24.3 Å². The average molecular weight is 267 g/mol. The lowest BCUT2D eigenvalue weighted by Gasteiger charge is -2.08. The average Bonchev–Trinajstić information content (AvgIpc) is 2.36. The van der Waals surface area contributed by atoms with Crippen molar-refractivity contribution in [2.75, 3.05) is 18.4 Å². The molecular formula is C12H17N3O4. The third-order valence-electron chi connectivity index (χ3n) is 2.42. The van der Waals surface area contributed by atoms with E-state index < -0.39 is 11.0 Å². The van der Waals surface area contributed by atoms with Gasteiger partial charge in [0.2, 0.25) is 5.91 Å². The summed E-state index contributed by atoms with van der Waals surface area (Å²) in [6.07, 6.45) is 0.000460. The molecule has 0 bridgehead atoms. The zero-order valence-corrected chi connectivity index (χ0v) is 10.6. The third kappa shape index (κ3) is 5.35. The Morgan fingerprint density at radius 3 is 2.79 bits per heavy atom. The van der Waals surface area contributed by atoms with Crippen LogP contribution < -0.4 is 10.6 Å². The summed E-state index contributed by atoms with van der Waals surface area (Å²) in [5.41, 5.74) is 0.234. The summed E-state index contributed by atoms with van der Waals surface area (Å²) in [6, 6.07) is 6.13. The first-order valence-electron chi connectivity index (χ1n) is 5.92. The summed E-state index contributed by atoms with van der Waals surface area (Å²) in [5, 5.41) is 25.1. The van der Waals surface area contributed by atoms with Crippen molar-refractivity contribution in [3.63, 3.8) is 0 Å². The number of benzene rings is 1. The number of aliphatic hydroxyl groups is 1. The molecule has 0 aliphatic rings. The van der Waals surface area contributed by atoms with Crippen LogP contribution in [0.5, 0.6) is 0 Å². The Labute approximate surface area is 110 Å². The first-order valence-corrected chi connectivity index (χ1v) is 5.92. The molecule has 1 atom stereocenters. The summed E-state index contributed by atoms with van der Waals surface area (Å²) in [6.45, 7) is 1.96. The first-order chi connectivity index (χ1) is 9.00. The van der Waals surface area contributed by atoms with Crippen molar-refractivity contribution in [3.05, 3.63) is 34.4 Å². The van der Waals surface area contributed by atoms with E-state index in [-0.39, 0.29) is 18.1 Å². The minimum atomic E-state index is -0.506. The van der Waals surface area contributed by atoms with Crippen LogP contribution in [-0.4, -0.2) is 35.1 Å². The van der Waals surface area contributed by atoms with Gasteiger partial charge in [0.15, 0.2) is 0 Å². The Bertz CT molecular complexity index is 448. The number of carbonyl (C=O) groups is 1. The lowest BCUT2D eigenvalue weighted by atomic mass is 10.2. The molecule has 0 saturated heterocycles. The summed E-state index contributed by atoms with van der Waals surface area (Å²) >= 11 is 0. The van der Waals surface area contributed by atoms with E-state index in [4.69, 9.17) is 5.11 Å². The van der Waals surface area contributed by atoms with Gasteiger partial charge >= 0.3 is 0 Å². The topological polar surface area (TPSA) is 104 Å². The van der Waals surface area contributed by atoms with Crippen molar-refractivity contribution < 1.29 is 14.8 Å². The number of hydrogen-bond donors (Lipinski definition) is 3. The van der Waals surface area contributed by atoms with E-state index in [0.29, 0.717) is 18.7 Å². The van der Waals surface area contributed by atoms with Crippen LogP contribution in [0, 0.1) is 10.1 Å². The number of aliphatic hydroxyl groups excluding tert-OH is 1. The maximum absolute atomic E-state index is 11.5. The molecule has 0 heterocycles. The molecular weight excluding hydrogens is 250 g/mol. The molecule has 0 radical (unpaired) electrons. The Kier molecular flexibility index (Phi) is 5.74. The maximum atomic E-state index is 11.5. The highest BCUT2D eigenvalue weighted by atomic mass is 16.6. The Morgan fingerprint density at radius 1 is 1.47 bits per heavy atom. The van der Waals surface area contributed by atoms with E-state index in [2.05, 4.69) is 10.6 Å². The SMILES string of the molecule is CC(O)CCNC(=O)CNc1ccccc1[N+](=O)[O-]. The van der Waals surface area contributed by atoms with Crippen molar-refractivity contribution in [2.45, 2.75) is 19.4 Å². The molecule has 3 N–H and O–H groups in total. The van der Waals surface area contributed by atoms with Crippen molar-refractivity contribution in [1.82, 2.24) is 5.32 Å². The summed E-state index contributed by atoms with van der Waals surface area (Å²) in [4.78, 5) is 21.7. The fourth-order valence-corrected chi connectivity index (χ4v) is 1.44. The van der Waals surface area contributed by atoms with E-state index in [1.54, 1.807) is 25.1 Å². The van der Waals surface area contributed by atoms with Gasteiger partial charge in [-0.2, -0.15) is 0 Å². The molecule has 0 aliphatic heterocycles. The quantitative estimate of drug-likeness (QED) is 0.503. The molecule has 7 nitrogen and oxygen atoms in total. The van der Waals surface area contributed by atoms with Gasteiger partial charge in [0.05, 0.1) is 17.6 Å². The Hall–Kier alpha value is -2.15. The molecule has 0 aromatic heterocycles. The number of nitro groups is 1. The molecule has 1 amide bonds. The molecule has 1 rings (SSSR count). The highest BCUT2D eigenvalue weighted by Crippen LogP contribution is 2.22. The van der Waals surface area contributed by atoms with Crippen LogP contribution >= 0.6 is 0 Å². The van der Waals surface area contributed by atoms with Gasteiger partial charge < -0.3 is 15.7 Å². The number of para-hydroxylation sites is 2. The van der Waals surface area contributed by atoms with Crippen LogP contribution in [0.2, 0.25) is 0 Å². The van der Waals surface area contributed by atoms with Crippen molar-refractivity contribution in [3.8, 4) is 0 Å². The lowest BCUT2D eigenvalue weighted by Crippen LogP contribution is -2.31. The second-order valence-corrected chi connectivity index (χ2v) is 4.12. The Balaban J connectivity index is 2.44. The molecule has 19 heavy (non-hydrogen) atoms. The fraction of sp³-hybridized carbons (Fsp3) is 0.417. The predicted molar refractivity (Wildman–Crippen MR) is 70.9 cm³/mol. The van der Waals surface area contributed by atoms with E-state index in [1.165, 1.54) is 6.07 Å². The molecule has 0 spiro atoms. The zero-order chi connectivity index (χ0) is 14.3. The van der Waals surface area contributed by atoms with E-state index in [0.717, 1.165) is 0 Å². The molecule has 0 aliphatic carbocycles. The number of nitrogens with zero attached hydrogens (tertiary/aromatic N) is 1. The van der Waals surface area contributed by atoms with Gasteiger partial charge in [-0.05, 0) is 19.4 Å². The van der Waals surface area contributed by atoms with Gasteiger partial charge in [-0.15, -0.1) is 0 Å². The molecule has 7 heteroatoms. The van der Waals surface area contributed by atoms with Crippen LogP contribution in [-0.2, 0) is 4.79 Å². The van der Waals surface area contributed by atoms with Gasteiger partial charge in [0.1, 0.15) is 5.69 Å². The van der Waals surface area contributed by atoms with Gasteiger partial charge in [0.25, 0.3) is 5.69 Å². The van der Waals surface area contributed by atoms with Crippen LogP contribution in [0.25, 0.3) is 0 Å². The number of amides is 1. The summed E-state index contributed by atoms with van der Waals surface area (Å²) in [5.74, 6) is -0.279. The highest BCUT2D eigenvalue weighted by Gasteiger charge is 2.12. The third-order valence-corrected chi connectivity index (χ3v) is 2.42. The predicted octanol–water partition coefficient (Wildman–Crippen LogP) is 0.894. The number of nitro benzene ring substituents is 1. The second-order valence-electron chi connectivity index (χ2n) is 4.12. The molecule has 1 unspecified atom stereocenters. The van der Waals surface area contributed by atoms with Crippen molar-refractivity contribution in [2.24, 2.45) is 0 Å². The normalized spacial score (nSPS) is 11.7. The van der Waals surface area contributed by atoms with Gasteiger partial charge in [-0.1, -0.05) is 12.1 Å². The van der Waals surface area contributed by atoms with Crippen LogP contribution in [0.4, 0.5) is 11.4 Å². The van der Waals surface area contributed by atoms with Gasteiger partial charge in [-0.25, -0.2) is 0 Å². The summed E-state index contributed by atoms with van der Waals surface area (Å²) in [7, 11) is 0. The van der Waals surface area contributed by atoms with Crippen LogP contribution in [0.1, 0.15) is 13.3 Å². The van der Waals surface area contributed by atoms with Gasteiger partial charge in [0, 0.05) is 12.6 Å². The van der Waals surface area contributed by atoms with E-state index in [9.17, 15) is 14.9 Å². The van der Waals surface area contributed by atoms with Crippen LogP contribution in [0.3, 0.4) is 0 Å². The Morgan fingerprint density at radius 2 is 2.16 bits per heavy atom. The van der Waals surface area contributed by atoms with Crippen molar-refractivity contribution in [1.29, 1.82) is 0 Å². The van der Waals surface area contributed by atoms with Crippen molar-refractivity contribution >= 4 is 17.3 Å². The summed E-state index contributed by atoms with van der Waals surface area (Å²) < 4.78 is 0. The van der Waals surface area contributed by atoms with E-state index in [1.807, 2.05) is 0 Å². The maximum Gasteiger partial charge on any atom is 0.292 e. The minimum Gasteiger partial charge on any atom is -0.393 e. The smallest absolute Gasteiger partial charge is 0.292 e. The molecule has 104 valence electrons. The molecule has 1 aromatic rings. The number of nitrogens with one attached hydrogen (secondary N) is 2. The number of rotatable bonds is 7. The molecule has 0 fully saturated rings. The number of hydrogen-bond acceptors (Lipinski definition) is 5. The largest absolute Gasteiger partial charge is 0.393 e. The zero-order valence-electron chi connectivity index (χ0n) is 10.6. The number of anilines is 1. The number of carbonyl (C=O) groups excluding carboxylic acids is 1. The molecule has 0 saturated carbocycles. The van der Waals surface area contributed by atoms with E-state index >= 15 is 0 Å². The minimum absolute atomic E-state index is 0.0509. The highest BCUT2D eigenvalue weighted by molar-refractivity contribution is 5.81. The monoisotopic (exact) mass is 267 g/mol. The van der Waals surface area contributed by atoms with Gasteiger partial charge in [-0.3, -0.25) is 14.9 Å². The molecule has 1 aromatic carbocycles. The lowest BCUT2D eigenvalue weighted by molar-refractivity contribution is -0.383. The fourth-order valence-electron chi connectivity index (χ4n) is 1.44. The second kappa shape index (κ2) is 7.32. The first kappa shape index (κ1) is 14.9. The standard InChI is InChI=1S/C12H17N3O4/c1-9(16)6-7-13-12(17)8-14-10-4-2-3-5-11(10)15(18)19/h2-5,9,14,16H,6-8H2,1H3,(H,13,17).